The van der Waals surface area contributed by atoms with Crippen LogP contribution >= 0.6 is 0 Å². The molecule has 29 heavy (non-hydrogen) atoms. The molecule has 1 aliphatic heterocycles. The first-order valence-electron chi connectivity index (χ1n) is 10.1. The van der Waals surface area contributed by atoms with Crippen molar-refractivity contribution >= 4 is 17.4 Å². The van der Waals surface area contributed by atoms with Gasteiger partial charge in [-0.05, 0) is 30.9 Å². The van der Waals surface area contributed by atoms with Gasteiger partial charge >= 0.3 is 0 Å². The van der Waals surface area contributed by atoms with Gasteiger partial charge in [-0.25, -0.2) is 9.97 Å². The summed E-state index contributed by atoms with van der Waals surface area (Å²) < 4.78 is 0. The molecule has 1 fully saturated rings. The van der Waals surface area contributed by atoms with Crippen molar-refractivity contribution < 1.29 is 4.79 Å². The number of nitrogens with zero attached hydrogens (tertiary/aromatic N) is 4. The lowest BCUT2D eigenvalue weighted by Crippen LogP contribution is -2.34. The number of hydrogen-bond donors (Lipinski definition) is 0. The van der Waals surface area contributed by atoms with Crippen LogP contribution in [0.3, 0.4) is 0 Å². The quantitative estimate of drug-likeness (QED) is 0.654. The largest absolute Gasteiger partial charge is 0.356 e. The normalized spacial score (nSPS) is 14.6. The maximum atomic E-state index is 13.2. The van der Waals surface area contributed by atoms with Gasteiger partial charge in [0, 0.05) is 37.5 Å². The summed E-state index contributed by atoms with van der Waals surface area (Å²) >= 11 is 0. The molecular weight excluding hydrogens is 360 g/mol. The van der Waals surface area contributed by atoms with Crippen LogP contribution in [0.2, 0.25) is 0 Å². The van der Waals surface area contributed by atoms with Gasteiger partial charge in [0.2, 0.25) is 0 Å². The van der Waals surface area contributed by atoms with Gasteiger partial charge in [0.25, 0.3) is 5.91 Å². The van der Waals surface area contributed by atoms with Crippen molar-refractivity contribution in [2.24, 2.45) is 5.92 Å². The smallest absolute Gasteiger partial charge is 0.276 e. The van der Waals surface area contributed by atoms with Gasteiger partial charge in [-0.2, -0.15) is 0 Å². The minimum absolute atomic E-state index is 0.137. The molecule has 5 nitrogen and oxygen atoms in total. The number of carbonyl (C=O) groups is 1. The van der Waals surface area contributed by atoms with E-state index in [1.807, 2.05) is 66.7 Å². The van der Waals surface area contributed by atoms with Crippen molar-refractivity contribution in [3.8, 4) is 11.4 Å². The van der Waals surface area contributed by atoms with E-state index in [2.05, 4.69) is 16.8 Å². The molecule has 1 saturated heterocycles. The summed E-state index contributed by atoms with van der Waals surface area (Å²) in [6, 6.07) is 21.3. The van der Waals surface area contributed by atoms with Crippen LogP contribution in [0.5, 0.6) is 0 Å². The Labute approximate surface area is 172 Å². The van der Waals surface area contributed by atoms with Crippen LogP contribution in [-0.4, -0.2) is 36.0 Å². The maximum Gasteiger partial charge on any atom is 0.276 e. The molecule has 1 aromatic heterocycles. The average molecular weight is 386 g/mol. The van der Waals surface area contributed by atoms with Crippen molar-refractivity contribution in [2.45, 2.75) is 19.8 Å². The third kappa shape index (κ3) is 4.29. The summed E-state index contributed by atoms with van der Waals surface area (Å²) in [5.74, 6) is 2.01. The molecule has 0 saturated carbocycles. The highest BCUT2D eigenvalue weighted by atomic mass is 16.2. The molecule has 3 aromatic rings. The Kier molecular flexibility index (Phi) is 5.56. The lowest BCUT2D eigenvalue weighted by Gasteiger charge is -2.31. The first kappa shape index (κ1) is 19.1. The summed E-state index contributed by atoms with van der Waals surface area (Å²) in [6.07, 6.45) is 2.27. The number of rotatable bonds is 4. The predicted molar refractivity (Wildman–Crippen MR) is 117 cm³/mol. The van der Waals surface area contributed by atoms with Crippen molar-refractivity contribution in [1.29, 1.82) is 0 Å². The second kappa shape index (κ2) is 8.43. The lowest BCUT2D eigenvalue weighted by atomic mass is 9.99. The average Bonchev–Trinajstić information content (AvgIpc) is 2.79. The van der Waals surface area contributed by atoms with E-state index in [0.29, 0.717) is 11.5 Å². The number of piperidine rings is 1. The molecule has 0 unspecified atom stereocenters. The molecule has 4 rings (SSSR count). The molecule has 0 atom stereocenters. The zero-order valence-electron chi connectivity index (χ0n) is 17.0. The standard InChI is InChI=1S/C24H26N4O/c1-18-13-15-28(16-14-18)22-17-21(24(29)27(2)20-11-7-4-8-12-20)25-23(26-22)19-9-5-3-6-10-19/h3-12,17-18H,13-16H2,1-2H3. The first-order valence-corrected chi connectivity index (χ1v) is 10.1. The molecule has 0 spiro atoms. The molecule has 148 valence electrons. The van der Waals surface area contributed by atoms with Gasteiger partial charge in [0.1, 0.15) is 11.5 Å². The third-order valence-electron chi connectivity index (χ3n) is 5.52. The maximum absolute atomic E-state index is 13.2. The number of para-hydroxylation sites is 1. The van der Waals surface area contributed by atoms with E-state index in [1.165, 1.54) is 0 Å². The molecule has 0 aliphatic carbocycles. The van der Waals surface area contributed by atoms with Crippen LogP contribution in [-0.2, 0) is 0 Å². The summed E-state index contributed by atoms with van der Waals surface area (Å²) in [6.45, 7) is 4.19. The highest BCUT2D eigenvalue weighted by molar-refractivity contribution is 6.05. The predicted octanol–water partition coefficient (Wildman–Crippen LogP) is 4.66. The van der Waals surface area contributed by atoms with Crippen molar-refractivity contribution in [3.63, 3.8) is 0 Å². The van der Waals surface area contributed by atoms with Crippen LogP contribution in [0.15, 0.2) is 66.7 Å². The van der Waals surface area contributed by atoms with Gasteiger partial charge in [-0.15, -0.1) is 0 Å². The SMILES string of the molecule is CC1CCN(c2cc(C(=O)N(C)c3ccccc3)nc(-c3ccccc3)n2)CC1. The Morgan fingerprint density at radius 3 is 2.24 bits per heavy atom. The summed E-state index contributed by atoms with van der Waals surface area (Å²) in [5.41, 5.74) is 2.17. The van der Waals surface area contributed by atoms with E-state index in [4.69, 9.17) is 4.98 Å². The highest BCUT2D eigenvalue weighted by Crippen LogP contribution is 2.26. The van der Waals surface area contributed by atoms with Crippen molar-refractivity contribution in [3.05, 3.63) is 72.4 Å². The van der Waals surface area contributed by atoms with E-state index >= 15 is 0 Å². The van der Waals surface area contributed by atoms with Crippen LogP contribution in [0, 0.1) is 5.92 Å². The molecule has 2 heterocycles. The van der Waals surface area contributed by atoms with Gasteiger partial charge < -0.3 is 9.80 Å². The van der Waals surface area contributed by atoms with Crippen LogP contribution in [0.25, 0.3) is 11.4 Å². The number of benzene rings is 2. The zero-order chi connectivity index (χ0) is 20.2. The molecule has 5 heteroatoms. The van der Waals surface area contributed by atoms with E-state index in [1.54, 1.807) is 11.9 Å². The fraction of sp³-hybridized carbons (Fsp3) is 0.292. The van der Waals surface area contributed by atoms with Crippen LogP contribution < -0.4 is 9.80 Å². The van der Waals surface area contributed by atoms with E-state index in [-0.39, 0.29) is 5.91 Å². The lowest BCUT2D eigenvalue weighted by molar-refractivity contribution is 0.0988. The van der Waals surface area contributed by atoms with Crippen LogP contribution in [0.1, 0.15) is 30.3 Å². The Morgan fingerprint density at radius 1 is 0.966 bits per heavy atom. The fourth-order valence-electron chi connectivity index (χ4n) is 3.60. The second-order valence-electron chi connectivity index (χ2n) is 7.67. The number of amides is 1. The Balaban J connectivity index is 1.72. The molecule has 2 aromatic carbocycles. The number of carbonyl (C=O) groups excluding carboxylic acids is 1. The molecule has 1 amide bonds. The topological polar surface area (TPSA) is 49.3 Å². The van der Waals surface area contributed by atoms with Gasteiger partial charge in [0.05, 0.1) is 0 Å². The summed E-state index contributed by atoms with van der Waals surface area (Å²) in [7, 11) is 1.78. The molecule has 0 N–H and O–H groups in total. The van der Waals surface area contributed by atoms with E-state index in [9.17, 15) is 4.79 Å². The fourth-order valence-corrected chi connectivity index (χ4v) is 3.60. The molecule has 0 bridgehead atoms. The van der Waals surface area contributed by atoms with Crippen molar-refractivity contribution in [2.75, 3.05) is 29.9 Å². The highest BCUT2D eigenvalue weighted by Gasteiger charge is 2.22. The minimum atomic E-state index is -0.137. The minimum Gasteiger partial charge on any atom is -0.356 e. The Bertz CT molecular complexity index is 967. The van der Waals surface area contributed by atoms with E-state index in [0.717, 1.165) is 48.9 Å². The zero-order valence-corrected chi connectivity index (χ0v) is 17.0. The Morgan fingerprint density at radius 2 is 1.59 bits per heavy atom. The second-order valence-corrected chi connectivity index (χ2v) is 7.67. The third-order valence-corrected chi connectivity index (χ3v) is 5.52. The summed E-state index contributed by atoms with van der Waals surface area (Å²) in [5, 5.41) is 0. The number of aromatic nitrogens is 2. The number of hydrogen-bond acceptors (Lipinski definition) is 4. The summed E-state index contributed by atoms with van der Waals surface area (Å²) in [4.78, 5) is 26.6. The number of anilines is 2. The first-order chi connectivity index (χ1) is 14.1. The van der Waals surface area contributed by atoms with Crippen molar-refractivity contribution in [1.82, 2.24) is 9.97 Å². The molecule has 0 radical (unpaired) electrons. The Hall–Kier alpha value is -3.21. The van der Waals surface area contributed by atoms with E-state index < -0.39 is 0 Å². The van der Waals surface area contributed by atoms with Gasteiger partial charge in [0.15, 0.2) is 5.82 Å². The molecular formula is C24H26N4O. The van der Waals surface area contributed by atoms with Gasteiger partial charge in [-0.1, -0.05) is 55.5 Å². The van der Waals surface area contributed by atoms with Gasteiger partial charge in [-0.3, -0.25) is 4.79 Å². The molecule has 1 aliphatic rings. The van der Waals surface area contributed by atoms with Crippen LogP contribution in [0.4, 0.5) is 11.5 Å². The monoisotopic (exact) mass is 386 g/mol.